The number of ether oxygens (including phenoxy) is 1. The number of pyridine rings is 2. The molecule has 2 N–H and O–H groups in total. The van der Waals surface area contributed by atoms with Gasteiger partial charge in [0.2, 0.25) is 17.7 Å². The molecule has 10 heteroatoms. The average molecular weight is 548 g/mol. The summed E-state index contributed by atoms with van der Waals surface area (Å²) in [5.74, 6) is -0.382. The molecule has 1 atom stereocenters. The Morgan fingerprint density at radius 1 is 1.05 bits per heavy atom. The number of nitrogens with one attached hydrogen (secondary N) is 2. The monoisotopic (exact) mass is 547 g/mol. The quantitative estimate of drug-likeness (QED) is 0.377. The number of nitrogens with zero attached hydrogens (tertiary/aromatic N) is 3. The second-order valence-electron chi connectivity index (χ2n) is 9.08. The van der Waals surface area contributed by atoms with Crippen molar-refractivity contribution in [1.29, 1.82) is 0 Å². The van der Waals surface area contributed by atoms with Gasteiger partial charge in [0.25, 0.3) is 0 Å². The Labute approximate surface area is 232 Å². The van der Waals surface area contributed by atoms with Crippen molar-refractivity contribution in [3.8, 4) is 5.75 Å². The first kappa shape index (κ1) is 27.8. The van der Waals surface area contributed by atoms with E-state index in [1.807, 2.05) is 18.2 Å². The van der Waals surface area contributed by atoms with Gasteiger partial charge < -0.3 is 20.3 Å². The third-order valence-electron chi connectivity index (χ3n) is 6.22. The molecule has 3 heterocycles. The molecule has 0 radical (unpaired) electrons. The van der Waals surface area contributed by atoms with Crippen LogP contribution in [-0.2, 0) is 20.8 Å². The fraction of sp³-hybridized carbons (Fsp3) is 0.276. The molecule has 1 saturated heterocycles. The van der Waals surface area contributed by atoms with E-state index in [-0.39, 0.29) is 25.0 Å². The SMILES string of the molecule is O=C(C=Cc1ccc(Cl)cc1)N[C@@H](Cc1ccccn1)C(=O)NCC(=O)N1CCC(Oc2cccnc2)CC1. The number of piperidine rings is 1. The van der Waals surface area contributed by atoms with E-state index in [0.29, 0.717) is 42.4 Å². The molecule has 1 aliphatic rings. The molecule has 4 rings (SSSR count). The largest absolute Gasteiger partial charge is 0.489 e. The van der Waals surface area contributed by atoms with E-state index >= 15 is 0 Å². The van der Waals surface area contributed by atoms with Crippen molar-refractivity contribution in [2.75, 3.05) is 19.6 Å². The molecule has 1 aliphatic heterocycles. The highest BCUT2D eigenvalue weighted by Gasteiger charge is 2.26. The third kappa shape index (κ3) is 8.93. The van der Waals surface area contributed by atoms with E-state index in [4.69, 9.17) is 16.3 Å². The Morgan fingerprint density at radius 3 is 2.54 bits per heavy atom. The minimum absolute atomic E-state index is 0.00623. The van der Waals surface area contributed by atoms with E-state index in [9.17, 15) is 14.4 Å². The topological polar surface area (TPSA) is 114 Å². The number of benzene rings is 1. The highest BCUT2D eigenvalue weighted by molar-refractivity contribution is 6.30. The van der Waals surface area contributed by atoms with Crippen molar-refractivity contribution < 1.29 is 19.1 Å². The maximum atomic E-state index is 13.0. The maximum absolute atomic E-state index is 13.0. The van der Waals surface area contributed by atoms with Crippen LogP contribution in [0.3, 0.4) is 0 Å². The molecule has 1 aromatic carbocycles. The van der Waals surface area contributed by atoms with Crippen LogP contribution in [0.4, 0.5) is 0 Å². The van der Waals surface area contributed by atoms with Crippen LogP contribution in [0.1, 0.15) is 24.1 Å². The summed E-state index contributed by atoms with van der Waals surface area (Å²) in [4.78, 5) is 48.5. The van der Waals surface area contributed by atoms with Gasteiger partial charge in [-0.3, -0.25) is 24.4 Å². The van der Waals surface area contributed by atoms with E-state index in [2.05, 4.69) is 20.6 Å². The lowest BCUT2D eigenvalue weighted by molar-refractivity contribution is -0.135. The van der Waals surface area contributed by atoms with Crippen LogP contribution in [0.15, 0.2) is 79.3 Å². The molecule has 0 unspecified atom stereocenters. The van der Waals surface area contributed by atoms with Crippen molar-refractivity contribution in [3.05, 3.63) is 95.5 Å². The van der Waals surface area contributed by atoms with E-state index in [0.717, 1.165) is 5.56 Å². The zero-order valence-electron chi connectivity index (χ0n) is 21.3. The molecule has 0 bridgehead atoms. The predicted octanol–water partition coefficient (Wildman–Crippen LogP) is 3.06. The van der Waals surface area contributed by atoms with E-state index in [1.165, 1.54) is 6.08 Å². The van der Waals surface area contributed by atoms with Gasteiger partial charge in [-0.1, -0.05) is 29.8 Å². The van der Waals surface area contributed by atoms with Crippen LogP contribution in [-0.4, -0.2) is 64.4 Å². The lowest BCUT2D eigenvalue weighted by Crippen LogP contribution is -2.51. The summed E-state index contributed by atoms with van der Waals surface area (Å²) in [6, 6.07) is 15.1. The fourth-order valence-electron chi connectivity index (χ4n) is 4.13. The number of aromatic nitrogens is 2. The number of likely N-dealkylation sites (tertiary alicyclic amines) is 1. The average Bonchev–Trinajstić information content (AvgIpc) is 2.96. The maximum Gasteiger partial charge on any atom is 0.244 e. The lowest BCUT2D eigenvalue weighted by atomic mass is 10.1. The number of rotatable bonds is 10. The Balaban J connectivity index is 1.29. The summed E-state index contributed by atoms with van der Waals surface area (Å²) in [5.41, 5.74) is 1.43. The first-order valence-corrected chi connectivity index (χ1v) is 13.1. The summed E-state index contributed by atoms with van der Waals surface area (Å²) < 4.78 is 5.93. The summed E-state index contributed by atoms with van der Waals surface area (Å²) in [6.45, 7) is 0.897. The van der Waals surface area contributed by atoms with Crippen molar-refractivity contribution in [1.82, 2.24) is 25.5 Å². The van der Waals surface area contributed by atoms with Crippen molar-refractivity contribution in [3.63, 3.8) is 0 Å². The van der Waals surface area contributed by atoms with E-state index < -0.39 is 17.9 Å². The van der Waals surface area contributed by atoms with Crippen LogP contribution in [0.25, 0.3) is 6.08 Å². The van der Waals surface area contributed by atoms with Gasteiger partial charge in [-0.2, -0.15) is 0 Å². The minimum atomic E-state index is -0.909. The molecule has 3 amide bonds. The zero-order chi connectivity index (χ0) is 27.5. The number of carbonyl (C=O) groups is 3. The molecular formula is C29H30ClN5O4. The molecule has 39 heavy (non-hydrogen) atoms. The molecule has 1 fully saturated rings. The Kier molecular flexibility index (Phi) is 10.0. The van der Waals surface area contributed by atoms with Crippen LogP contribution >= 0.6 is 11.6 Å². The van der Waals surface area contributed by atoms with Gasteiger partial charge in [-0.05, 0) is 48.0 Å². The number of carbonyl (C=O) groups excluding carboxylic acids is 3. The molecule has 202 valence electrons. The van der Waals surface area contributed by atoms with Crippen LogP contribution in [0.5, 0.6) is 5.75 Å². The number of hydrogen-bond donors (Lipinski definition) is 2. The fourth-order valence-corrected chi connectivity index (χ4v) is 4.26. The van der Waals surface area contributed by atoms with Crippen molar-refractivity contribution in [2.24, 2.45) is 0 Å². The van der Waals surface area contributed by atoms with Crippen molar-refractivity contribution in [2.45, 2.75) is 31.4 Å². The first-order chi connectivity index (χ1) is 19.0. The highest BCUT2D eigenvalue weighted by Crippen LogP contribution is 2.18. The molecular weight excluding hydrogens is 518 g/mol. The Bertz CT molecular complexity index is 1260. The van der Waals surface area contributed by atoms with E-state index in [1.54, 1.807) is 66.0 Å². The zero-order valence-corrected chi connectivity index (χ0v) is 22.1. The Hall–Kier alpha value is -4.24. The van der Waals surface area contributed by atoms with Gasteiger partial charge in [0.05, 0.1) is 12.7 Å². The lowest BCUT2D eigenvalue weighted by Gasteiger charge is -2.32. The van der Waals surface area contributed by atoms with Crippen LogP contribution < -0.4 is 15.4 Å². The smallest absolute Gasteiger partial charge is 0.244 e. The summed E-state index contributed by atoms with van der Waals surface area (Å²) >= 11 is 5.90. The third-order valence-corrected chi connectivity index (χ3v) is 6.47. The predicted molar refractivity (Wildman–Crippen MR) is 148 cm³/mol. The van der Waals surface area contributed by atoms with Crippen LogP contribution in [0, 0.1) is 0 Å². The van der Waals surface area contributed by atoms with Crippen LogP contribution in [0.2, 0.25) is 5.02 Å². The summed E-state index contributed by atoms with van der Waals surface area (Å²) in [7, 11) is 0. The van der Waals surface area contributed by atoms with Gasteiger partial charge in [0.15, 0.2) is 0 Å². The second-order valence-corrected chi connectivity index (χ2v) is 9.51. The second kappa shape index (κ2) is 14.1. The molecule has 0 aliphatic carbocycles. The van der Waals surface area contributed by atoms with Crippen molar-refractivity contribution >= 4 is 35.4 Å². The number of halogens is 1. The Morgan fingerprint density at radius 2 is 1.85 bits per heavy atom. The van der Waals surface area contributed by atoms with Gasteiger partial charge in [-0.15, -0.1) is 0 Å². The first-order valence-electron chi connectivity index (χ1n) is 12.7. The highest BCUT2D eigenvalue weighted by atomic mass is 35.5. The molecule has 0 spiro atoms. The van der Waals surface area contributed by atoms with Gasteiger partial charge in [-0.25, -0.2) is 0 Å². The molecule has 0 saturated carbocycles. The number of amides is 3. The normalized spacial score (nSPS) is 14.5. The van der Waals surface area contributed by atoms with Gasteiger partial charge >= 0.3 is 0 Å². The van der Waals surface area contributed by atoms with Gasteiger partial charge in [0.1, 0.15) is 17.9 Å². The summed E-state index contributed by atoms with van der Waals surface area (Å²) in [5, 5.41) is 6.01. The van der Waals surface area contributed by atoms with Gasteiger partial charge in [0, 0.05) is 61.5 Å². The minimum Gasteiger partial charge on any atom is -0.489 e. The molecule has 9 nitrogen and oxygen atoms in total. The molecule has 3 aromatic rings. The number of hydrogen-bond acceptors (Lipinski definition) is 6. The molecule has 2 aromatic heterocycles. The standard InChI is InChI=1S/C29H30ClN5O4/c30-22-9-6-21(7-10-22)8-11-27(36)34-26(18-23-4-1-2-15-32-23)29(38)33-20-28(37)35-16-12-24(13-17-35)39-25-5-3-14-31-19-25/h1-11,14-15,19,24,26H,12-13,16-18,20H2,(H,33,38)(H,34,36)/t26-/m0/s1. The summed E-state index contributed by atoms with van der Waals surface area (Å²) in [6.07, 6.45) is 9.52.